The Morgan fingerprint density at radius 3 is 2.61 bits per heavy atom. The van der Waals surface area contributed by atoms with E-state index in [2.05, 4.69) is 34.7 Å². The summed E-state index contributed by atoms with van der Waals surface area (Å²) in [6.07, 6.45) is 1.10. The van der Waals surface area contributed by atoms with Crippen molar-refractivity contribution >= 4 is 23.4 Å². The number of rotatable bonds is 8. The van der Waals surface area contributed by atoms with Crippen molar-refractivity contribution in [3.63, 3.8) is 0 Å². The minimum atomic E-state index is -0.265. The minimum absolute atomic E-state index is 0.227. The van der Waals surface area contributed by atoms with E-state index in [9.17, 15) is 9.50 Å². The predicted octanol–water partition coefficient (Wildman–Crippen LogP) is 4.02. The molecule has 1 aliphatic rings. The zero-order valence-corrected chi connectivity index (χ0v) is 19.2. The molecule has 1 heterocycles. The van der Waals surface area contributed by atoms with Crippen molar-refractivity contribution in [1.82, 2.24) is 10.6 Å². The number of thioether (sulfide) groups is 1. The molecule has 1 atom stereocenters. The predicted molar refractivity (Wildman–Crippen MR) is 128 cm³/mol. The van der Waals surface area contributed by atoms with Crippen LogP contribution in [0.2, 0.25) is 0 Å². The SMILES string of the molecule is CCNC(=NCc1ccc(N2CCC(O)CC2)c(F)c1)NCC(C)Sc1ccccc1. The van der Waals surface area contributed by atoms with E-state index in [0.717, 1.165) is 24.6 Å². The zero-order valence-electron chi connectivity index (χ0n) is 18.4. The van der Waals surface area contributed by atoms with Gasteiger partial charge in [0.2, 0.25) is 0 Å². The highest BCUT2D eigenvalue weighted by Crippen LogP contribution is 2.25. The monoisotopic (exact) mass is 444 g/mol. The van der Waals surface area contributed by atoms with Gasteiger partial charge in [0.25, 0.3) is 0 Å². The van der Waals surface area contributed by atoms with E-state index in [1.165, 1.54) is 4.90 Å². The molecule has 3 rings (SSSR count). The van der Waals surface area contributed by atoms with Crippen molar-refractivity contribution < 1.29 is 9.50 Å². The standard InChI is InChI=1S/C24H33FN4OS/c1-3-26-24(27-16-18(2)31-21-7-5-4-6-8-21)28-17-19-9-10-23(22(25)15-19)29-13-11-20(30)12-14-29/h4-10,15,18,20,30H,3,11-14,16-17H2,1-2H3,(H2,26,27,28). The van der Waals surface area contributed by atoms with Crippen LogP contribution in [0, 0.1) is 5.82 Å². The molecule has 0 saturated carbocycles. The topological polar surface area (TPSA) is 59.9 Å². The van der Waals surface area contributed by atoms with Gasteiger partial charge in [0.05, 0.1) is 18.3 Å². The molecule has 7 heteroatoms. The normalized spacial score (nSPS) is 16.3. The van der Waals surface area contributed by atoms with Crippen LogP contribution in [-0.4, -0.2) is 48.6 Å². The van der Waals surface area contributed by atoms with Crippen LogP contribution < -0.4 is 15.5 Å². The van der Waals surface area contributed by atoms with Gasteiger partial charge in [-0.1, -0.05) is 31.2 Å². The summed E-state index contributed by atoms with van der Waals surface area (Å²) < 4.78 is 14.7. The first-order chi connectivity index (χ1) is 15.0. The fraction of sp³-hybridized carbons (Fsp3) is 0.458. The quantitative estimate of drug-likeness (QED) is 0.326. The minimum Gasteiger partial charge on any atom is -0.393 e. The molecule has 1 aliphatic heterocycles. The summed E-state index contributed by atoms with van der Waals surface area (Å²) in [5.41, 5.74) is 1.44. The van der Waals surface area contributed by atoms with Crippen LogP contribution in [0.4, 0.5) is 10.1 Å². The number of hydrogen-bond donors (Lipinski definition) is 3. The number of aliphatic hydroxyl groups is 1. The summed E-state index contributed by atoms with van der Waals surface area (Å²) in [4.78, 5) is 7.88. The largest absolute Gasteiger partial charge is 0.393 e. The van der Waals surface area contributed by atoms with Crippen molar-refractivity contribution in [2.75, 3.05) is 31.1 Å². The highest BCUT2D eigenvalue weighted by Gasteiger charge is 2.19. The lowest BCUT2D eigenvalue weighted by molar-refractivity contribution is 0.145. The van der Waals surface area contributed by atoms with Crippen molar-refractivity contribution in [2.24, 2.45) is 4.99 Å². The fourth-order valence-electron chi connectivity index (χ4n) is 3.54. The number of piperidine rings is 1. The van der Waals surface area contributed by atoms with Crippen LogP contribution >= 0.6 is 11.8 Å². The van der Waals surface area contributed by atoms with Crippen LogP contribution in [0.25, 0.3) is 0 Å². The van der Waals surface area contributed by atoms with E-state index in [1.807, 2.05) is 53.9 Å². The first-order valence-electron chi connectivity index (χ1n) is 11.0. The van der Waals surface area contributed by atoms with Crippen molar-refractivity contribution in [2.45, 2.75) is 49.5 Å². The average Bonchev–Trinajstić information content (AvgIpc) is 2.77. The molecule has 1 saturated heterocycles. The number of anilines is 1. The molecule has 0 spiro atoms. The molecule has 168 valence electrons. The van der Waals surface area contributed by atoms with Crippen molar-refractivity contribution in [1.29, 1.82) is 0 Å². The summed E-state index contributed by atoms with van der Waals surface area (Å²) in [6.45, 7) is 7.53. The summed E-state index contributed by atoms with van der Waals surface area (Å²) in [7, 11) is 0. The summed E-state index contributed by atoms with van der Waals surface area (Å²) in [5, 5.41) is 16.7. The van der Waals surface area contributed by atoms with Crippen LogP contribution in [-0.2, 0) is 6.54 Å². The number of benzene rings is 2. The highest BCUT2D eigenvalue weighted by atomic mass is 32.2. The van der Waals surface area contributed by atoms with Crippen LogP contribution in [0.1, 0.15) is 32.3 Å². The number of aliphatic hydroxyl groups excluding tert-OH is 1. The zero-order chi connectivity index (χ0) is 22.1. The molecule has 0 radical (unpaired) electrons. The first kappa shape index (κ1) is 23.4. The lowest BCUT2D eigenvalue weighted by Crippen LogP contribution is -2.40. The number of nitrogens with zero attached hydrogens (tertiary/aromatic N) is 2. The Balaban J connectivity index is 1.55. The third kappa shape index (κ3) is 7.43. The fourth-order valence-corrected chi connectivity index (χ4v) is 4.48. The van der Waals surface area contributed by atoms with Gasteiger partial charge < -0.3 is 20.6 Å². The van der Waals surface area contributed by atoms with Gasteiger partial charge in [-0.2, -0.15) is 0 Å². The third-order valence-electron chi connectivity index (χ3n) is 5.22. The van der Waals surface area contributed by atoms with Gasteiger partial charge in [-0.05, 0) is 49.6 Å². The summed E-state index contributed by atoms with van der Waals surface area (Å²) >= 11 is 1.82. The maximum absolute atomic E-state index is 14.7. The molecule has 2 aromatic carbocycles. The van der Waals surface area contributed by atoms with E-state index in [1.54, 1.807) is 6.07 Å². The molecule has 1 fully saturated rings. The molecule has 0 aliphatic carbocycles. The molecule has 0 aromatic heterocycles. The molecule has 0 bridgehead atoms. The van der Waals surface area contributed by atoms with Crippen molar-refractivity contribution in [3.05, 3.63) is 59.9 Å². The Hall–Kier alpha value is -2.25. The van der Waals surface area contributed by atoms with E-state index >= 15 is 0 Å². The Morgan fingerprint density at radius 2 is 1.94 bits per heavy atom. The number of aliphatic imine (C=N–C) groups is 1. The second kappa shape index (κ2) is 12.0. The lowest BCUT2D eigenvalue weighted by Gasteiger charge is -2.31. The Kier molecular flexibility index (Phi) is 9.03. The molecular weight excluding hydrogens is 411 g/mol. The number of hydrogen-bond acceptors (Lipinski definition) is 4. The van der Waals surface area contributed by atoms with E-state index in [0.29, 0.717) is 43.4 Å². The van der Waals surface area contributed by atoms with Crippen molar-refractivity contribution in [3.8, 4) is 0 Å². The number of nitrogens with one attached hydrogen (secondary N) is 2. The maximum atomic E-state index is 14.7. The van der Waals surface area contributed by atoms with Crippen LogP contribution in [0.3, 0.4) is 0 Å². The van der Waals surface area contributed by atoms with E-state index in [-0.39, 0.29) is 11.9 Å². The molecule has 3 N–H and O–H groups in total. The lowest BCUT2D eigenvalue weighted by atomic mass is 10.1. The summed E-state index contributed by atoms with van der Waals surface area (Å²) in [6, 6.07) is 15.7. The second-order valence-electron chi connectivity index (χ2n) is 7.82. The average molecular weight is 445 g/mol. The second-order valence-corrected chi connectivity index (χ2v) is 9.33. The van der Waals surface area contributed by atoms with Gasteiger partial charge in [-0.3, -0.25) is 0 Å². The van der Waals surface area contributed by atoms with Gasteiger partial charge >= 0.3 is 0 Å². The molecule has 31 heavy (non-hydrogen) atoms. The van der Waals surface area contributed by atoms with Gasteiger partial charge in [0.15, 0.2) is 5.96 Å². The van der Waals surface area contributed by atoms with Gasteiger partial charge in [-0.15, -0.1) is 11.8 Å². The number of halogens is 1. The Bertz CT molecular complexity index is 841. The summed E-state index contributed by atoms with van der Waals surface area (Å²) in [5.74, 6) is 0.507. The van der Waals surface area contributed by atoms with Gasteiger partial charge in [-0.25, -0.2) is 9.38 Å². The maximum Gasteiger partial charge on any atom is 0.191 e. The number of guanidine groups is 1. The Labute approximate surface area is 189 Å². The van der Waals surface area contributed by atoms with Crippen LogP contribution in [0.5, 0.6) is 0 Å². The molecular formula is C24H33FN4OS. The van der Waals surface area contributed by atoms with Gasteiger partial charge in [0, 0.05) is 36.3 Å². The Morgan fingerprint density at radius 1 is 1.19 bits per heavy atom. The van der Waals surface area contributed by atoms with E-state index < -0.39 is 0 Å². The molecule has 0 amide bonds. The van der Waals surface area contributed by atoms with Gasteiger partial charge in [0.1, 0.15) is 5.82 Å². The highest BCUT2D eigenvalue weighted by molar-refractivity contribution is 8.00. The smallest absolute Gasteiger partial charge is 0.191 e. The molecule has 5 nitrogen and oxygen atoms in total. The first-order valence-corrected chi connectivity index (χ1v) is 11.9. The third-order valence-corrected chi connectivity index (χ3v) is 6.33. The molecule has 2 aromatic rings. The van der Waals surface area contributed by atoms with E-state index in [4.69, 9.17) is 0 Å². The van der Waals surface area contributed by atoms with Crippen LogP contribution in [0.15, 0.2) is 58.4 Å². The molecule has 1 unspecified atom stereocenters.